The number of carboxylic acids is 1. The Morgan fingerprint density at radius 1 is 1.18 bits per heavy atom. The number of rotatable bonds is 1. The summed E-state index contributed by atoms with van der Waals surface area (Å²) in [7, 11) is 0. The average molecular weight is 282 g/mol. The Morgan fingerprint density at radius 2 is 1.24 bits per heavy atom. The van der Waals surface area contributed by atoms with Gasteiger partial charge in [0.15, 0.2) is 0 Å². The summed E-state index contributed by atoms with van der Waals surface area (Å²) in [4.78, 5) is 9.25. The molecule has 0 saturated heterocycles. The standard InChI is InChI=1S/C3H4O2.C3H8O.2C3H7.O.Ti/c1-2-3(4)5;1-3(2)4;2*1-3-2;;/h2H,1H2,(H,4,5);3-4H,1-2H3;2*3H,1-2H3;;/q;;2*-1;;+2. The van der Waals surface area contributed by atoms with E-state index in [2.05, 4.69) is 6.58 Å². The first kappa shape index (κ1) is 30.1. The van der Waals surface area contributed by atoms with E-state index in [9.17, 15) is 4.79 Å². The second-order valence-electron chi connectivity index (χ2n) is 2.79. The Hall–Kier alpha value is -0.316. The zero-order valence-corrected chi connectivity index (χ0v) is 13.3. The number of aliphatic hydroxyl groups is 1. The van der Waals surface area contributed by atoms with Crippen LogP contribution >= 0.6 is 0 Å². The van der Waals surface area contributed by atoms with Crippen molar-refractivity contribution in [3.05, 3.63) is 25.5 Å². The first-order valence-electron chi connectivity index (χ1n) is 5.05. The molecule has 0 aromatic rings. The van der Waals surface area contributed by atoms with Crippen molar-refractivity contribution in [3.63, 3.8) is 0 Å². The molecule has 0 aromatic heterocycles. The van der Waals surface area contributed by atoms with Crippen molar-refractivity contribution >= 4 is 5.97 Å². The van der Waals surface area contributed by atoms with Crippen LogP contribution in [0.2, 0.25) is 0 Å². The fraction of sp³-hybridized carbons (Fsp3) is 0.583. The van der Waals surface area contributed by atoms with Gasteiger partial charge in [-0.25, -0.2) is 4.79 Å². The monoisotopic (exact) mass is 282 g/mol. The van der Waals surface area contributed by atoms with Gasteiger partial charge < -0.3 is 23.1 Å². The van der Waals surface area contributed by atoms with Gasteiger partial charge in [0.2, 0.25) is 0 Å². The van der Waals surface area contributed by atoms with Crippen LogP contribution in [0.5, 0.6) is 0 Å². The van der Waals surface area contributed by atoms with E-state index in [1.54, 1.807) is 13.8 Å². The summed E-state index contributed by atoms with van der Waals surface area (Å²) in [6.07, 6.45) is 4.67. The SMILES string of the molecule is C=CC(=O)O.CC(C)O.C[CH-]C.C[CH-]C.[O]=[Ti+2]. The number of aliphatic carboxylic acids is 1. The van der Waals surface area contributed by atoms with Gasteiger partial charge in [-0.2, -0.15) is 27.7 Å². The Bertz CT molecular complexity index is 123. The van der Waals surface area contributed by atoms with Gasteiger partial charge in [0.05, 0.1) is 0 Å². The zero-order valence-electron chi connectivity index (χ0n) is 11.7. The van der Waals surface area contributed by atoms with Crippen LogP contribution in [0.15, 0.2) is 12.7 Å². The van der Waals surface area contributed by atoms with Crippen molar-refractivity contribution in [1.82, 2.24) is 0 Å². The van der Waals surface area contributed by atoms with Gasteiger partial charge in [-0.3, -0.25) is 0 Å². The topological polar surface area (TPSA) is 74.6 Å². The molecule has 0 heterocycles. The second-order valence-corrected chi connectivity index (χ2v) is 2.79. The van der Waals surface area contributed by atoms with E-state index in [-0.39, 0.29) is 6.10 Å². The molecule has 0 atom stereocenters. The molecule has 0 amide bonds. The number of hydrogen-bond acceptors (Lipinski definition) is 3. The van der Waals surface area contributed by atoms with Crippen LogP contribution in [0.25, 0.3) is 0 Å². The Kier molecular flexibility index (Phi) is 79.3. The van der Waals surface area contributed by atoms with Crippen LogP contribution in [-0.2, 0) is 28.5 Å². The first-order chi connectivity index (χ1) is 7.83. The molecule has 5 heteroatoms. The molecule has 17 heavy (non-hydrogen) atoms. The predicted molar refractivity (Wildman–Crippen MR) is 67.2 cm³/mol. The molecule has 0 aromatic carbocycles. The van der Waals surface area contributed by atoms with Crippen molar-refractivity contribution in [2.45, 2.75) is 47.6 Å². The third-order valence-corrected chi connectivity index (χ3v) is 0.175. The van der Waals surface area contributed by atoms with Gasteiger partial charge in [-0.1, -0.05) is 6.58 Å². The van der Waals surface area contributed by atoms with E-state index < -0.39 is 5.97 Å². The van der Waals surface area contributed by atoms with E-state index in [1.165, 1.54) is 0 Å². The van der Waals surface area contributed by atoms with E-state index in [0.29, 0.717) is 0 Å². The average Bonchev–Trinajstić information content (AvgIpc) is 2.22. The molecule has 0 rings (SSSR count). The number of aliphatic hydroxyl groups excluding tert-OH is 1. The molecular weight excluding hydrogens is 256 g/mol. The Balaban J connectivity index is -0.0000000367. The van der Waals surface area contributed by atoms with E-state index in [4.69, 9.17) is 13.5 Å². The molecular formula is C12H26O4Ti. The maximum atomic E-state index is 9.25. The molecule has 0 saturated carbocycles. The molecule has 4 nitrogen and oxygen atoms in total. The van der Waals surface area contributed by atoms with Crippen LogP contribution in [0.4, 0.5) is 0 Å². The quantitative estimate of drug-likeness (QED) is 0.440. The van der Waals surface area contributed by atoms with Crippen molar-refractivity contribution in [1.29, 1.82) is 0 Å². The van der Waals surface area contributed by atoms with Gasteiger partial charge in [-0.05, 0) is 13.8 Å². The normalized spacial score (nSPS) is 6.47. The van der Waals surface area contributed by atoms with Gasteiger partial charge >= 0.3 is 29.7 Å². The zero-order chi connectivity index (χ0) is 15.3. The maximum absolute atomic E-state index is 9.25. The predicted octanol–water partition coefficient (Wildman–Crippen LogP) is 2.98. The van der Waals surface area contributed by atoms with Crippen LogP contribution in [0.1, 0.15) is 41.5 Å². The second kappa shape index (κ2) is 44.8. The third kappa shape index (κ3) is 1040. The summed E-state index contributed by atoms with van der Waals surface area (Å²) in [5, 5.41) is 15.7. The van der Waals surface area contributed by atoms with Crippen LogP contribution in [-0.4, -0.2) is 22.3 Å². The third-order valence-electron chi connectivity index (χ3n) is 0.175. The molecule has 0 bridgehead atoms. The van der Waals surface area contributed by atoms with Crippen LogP contribution in [0.3, 0.4) is 0 Å². The van der Waals surface area contributed by atoms with Gasteiger partial charge in [-0.15, -0.1) is 0 Å². The fourth-order valence-electron chi connectivity index (χ4n) is 0. The Morgan fingerprint density at radius 3 is 1.24 bits per heavy atom. The number of carbonyl (C=O) groups is 1. The summed E-state index contributed by atoms with van der Waals surface area (Å²) in [5.74, 6) is -0.981. The molecule has 0 fully saturated rings. The summed E-state index contributed by atoms with van der Waals surface area (Å²) in [5.41, 5.74) is 0. The number of carboxylic acid groups (broad SMARTS) is 1. The summed E-state index contributed by atoms with van der Waals surface area (Å²) < 4.78 is 8.25. The minimum absolute atomic E-state index is 0.167. The Labute approximate surface area is 118 Å². The van der Waals surface area contributed by atoms with E-state index in [0.717, 1.165) is 26.5 Å². The van der Waals surface area contributed by atoms with Gasteiger partial charge in [0.1, 0.15) is 0 Å². The molecule has 0 radical (unpaired) electrons. The summed E-state index contributed by atoms with van der Waals surface area (Å²) >= 11 is 0.750. The van der Waals surface area contributed by atoms with Crippen LogP contribution in [0, 0.1) is 12.8 Å². The summed E-state index contributed by atoms with van der Waals surface area (Å²) in [6, 6.07) is 0. The van der Waals surface area contributed by atoms with Gasteiger partial charge in [0, 0.05) is 12.2 Å². The fourth-order valence-corrected chi connectivity index (χ4v) is 0. The summed E-state index contributed by atoms with van der Waals surface area (Å²) in [6.45, 7) is 14.4. The van der Waals surface area contributed by atoms with Crippen molar-refractivity contribution in [3.8, 4) is 0 Å². The molecule has 0 spiro atoms. The molecule has 0 unspecified atom stereocenters. The molecule has 0 aliphatic rings. The molecule has 0 aliphatic carbocycles. The van der Waals surface area contributed by atoms with Gasteiger partial charge in [0.25, 0.3) is 0 Å². The van der Waals surface area contributed by atoms with Crippen LogP contribution < -0.4 is 0 Å². The van der Waals surface area contributed by atoms with E-state index >= 15 is 0 Å². The molecule has 0 aliphatic heterocycles. The molecule has 2 N–H and O–H groups in total. The molecule has 102 valence electrons. The first-order valence-corrected chi connectivity index (χ1v) is 5.69. The van der Waals surface area contributed by atoms with Crippen molar-refractivity contribution < 1.29 is 38.7 Å². The van der Waals surface area contributed by atoms with E-state index in [1.807, 2.05) is 40.5 Å². The van der Waals surface area contributed by atoms with Crippen molar-refractivity contribution in [2.75, 3.05) is 0 Å². The number of hydrogen-bond donors (Lipinski definition) is 2. The van der Waals surface area contributed by atoms with Crippen molar-refractivity contribution in [2.24, 2.45) is 0 Å². The minimum atomic E-state index is -0.981.